The minimum atomic E-state index is -3.97. The number of benzene rings is 3. The second-order valence-corrected chi connectivity index (χ2v) is 13.2. The van der Waals surface area contributed by atoms with E-state index in [9.17, 15) is 18.3 Å². The van der Waals surface area contributed by atoms with Gasteiger partial charge in [-0.2, -0.15) is 0 Å². The van der Waals surface area contributed by atoms with Crippen LogP contribution in [0, 0.1) is 12.8 Å². The lowest BCUT2D eigenvalue weighted by Gasteiger charge is -2.38. The minimum Gasteiger partial charge on any atom is -0.486 e. The predicted molar refractivity (Wildman–Crippen MR) is 162 cm³/mol. The molecule has 0 radical (unpaired) electrons. The number of halogens is 2. The number of aryl methyl sites for hydroxylation is 1. The standard InChI is InChI=1S/C30H35Cl2N3O5S/c1-19-8-11-23(12-9-19)41(38,39)33-27-7-5-6-24-29(27)40-28(20(2)15-35(30(24)37)21(3)18-36)17-34(4)16-22-10-13-25(31)26(32)14-22/h5-14,20-21,28,33,36H,15-18H2,1-4H3/t20-,21-,28-/m0/s1. The number of ether oxygens (including phenoxy) is 1. The number of para-hydroxylation sites is 1. The zero-order valence-electron chi connectivity index (χ0n) is 23.5. The summed E-state index contributed by atoms with van der Waals surface area (Å²) in [6, 6.07) is 16.4. The largest absolute Gasteiger partial charge is 0.486 e. The maximum absolute atomic E-state index is 13.7. The SMILES string of the molecule is Cc1ccc(S(=O)(=O)Nc2cccc3c2O[C@@H](CN(C)Cc2ccc(Cl)c(Cl)c2)[C@@H](C)CN([C@@H](C)CO)C3=O)cc1. The third kappa shape index (κ3) is 7.34. The van der Waals surface area contributed by atoms with Gasteiger partial charge in [-0.15, -0.1) is 0 Å². The van der Waals surface area contributed by atoms with Crippen molar-refractivity contribution >= 4 is 44.8 Å². The van der Waals surface area contributed by atoms with Gasteiger partial charge in [0.05, 0.1) is 38.8 Å². The maximum Gasteiger partial charge on any atom is 0.262 e. The number of aliphatic hydroxyl groups excluding tert-OH is 1. The Morgan fingerprint density at radius 3 is 2.49 bits per heavy atom. The summed E-state index contributed by atoms with van der Waals surface area (Å²) in [6.45, 7) is 6.81. The number of fused-ring (bicyclic) bond motifs is 1. The maximum atomic E-state index is 13.7. The number of rotatable bonds is 9. The van der Waals surface area contributed by atoms with Crippen LogP contribution in [0.4, 0.5) is 5.69 Å². The van der Waals surface area contributed by atoms with E-state index in [0.717, 1.165) is 11.1 Å². The molecule has 0 aromatic heterocycles. The quantitative estimate of drug-likeness (QED) is 0.330. The molecule has 0 unspecified atom stereocenters. The van der Waals surface area contributed by atoms with Crippen molar-refractivity contribution in [3.8, 4) is 5.75 Å². The van der Waals surface area contributed by atoms with Crippen molar-refractivity contribution in [1.29, 1.82) is 0 Å². The third-order valence-corrected chi connectivity index (χ3v) is 9.32. The van der Waals surface area contributed by atoms with Gasteiger partial charge in [0, 0.05) is 25.6 Å². The Bertz CT molecular complexity index is 1500. The molecule has 3 aromatic carbocycles. The lowest BCUT2D eigenvalue weighted by atomic mass is 9.99. The van der Waals surface area contributed by atoms with Gasteiger partial charge in [0.15, 0.2) is 5.75 Å². The van der Waals surface area contributed by atoms with Crippen LogP contribution < -0.4 is 9.46 Å². The first-order valence-electron chi connectivity index (χ1n) is 13.3. The van der Waals surface area contributed by atoms with Gasteiger partial charge >= 0.3 is 0 Å². The summed E-state index contributed by atoms with van der Waals surface area (Å²) < 4.78 is 35.8. The van der Waals surface area contributed by atoms with Crippen LogP contribution >= 0.6 is 23.2 Å². The van der Waals surface area contributed by atoms with E-state index in [1.165, 1.54) is 12.1 Å². The number of hydrogen-bond donors (Lipinski definition) is 2. The van der Waals surface area contributed by atoms with Crippen molar-refractivity contribution in [3.63, 3.8) is 0 Å². The van der Waals surface area contributed by atoms with Gasteiger partial charge in [-0.1, -0.05) is 60.0 Å². The van der Waals surface area contributed by atoms with E-state index in [4.69, 9.17) is 27.9 Å². The number of carbonyl (C=O) groups is 1. The average Bonchev–Trinajstić information content (AvgIpc) is 2.92. The van der Waals surface area contributed by atoms with Gasteiger partial charge < -0.3 is 14.7 Å². The number of nitrogens with one attached hydrogen (secondary N) is 1. The third-order valence-electron chi connectivity index (χ3n) is 7.19. The fourth-order valence-corrected chi connectivity index (χ4v) is 6.17. The Balaban J connectivity index is 1.70. The van der Waals surface area contributed by atoms with E-state index < -0.39 is 22.2 Å². The molecule has 1 heterocycles. The molecule has 1 amide bonds. The molecule has 11 heteroatoms. The fraction of sp³-hybridized carbons (Fsp3) is 0.367. The summed E-state index contributed by atoms with van der Waals surface area (Å²) in [5, 5.41) is 10.9. The van der Waals surface area contributed by atoms with E-state index in [2.05, 4.69) is 9.62 Å². The van der Waals surface area contributed by atoms with Crippen LogP contribution in [0.5, 0.6) is 5.75 Å². The number of carbonyl (C=O) groups excluding carboxylic acids is 1. The number of likely N-dealkylation sites (N-methyl/N-ethyl adjacent to an activating group) is 1. The Morgan fingerprint density at radius 1 is 1.12 bits per heavy atom. The van der Waals surface area contributed by atoms with E-state index in [1.54, 1.807) is 48.2 Å². The first-order valence-corrected chi connectivity index (χ1v) is 15.6. The normalized spacial score (nSPS) is 18.3. The molecule has 4 rings (SSSR count). The van der Waals surface area contributed by atoms with E-state index in [1.807, 2.05) is 33.0 Å². The number of sulfonamides is 1. The van der Waals surface area contributed by atoms with Crippen LogP contribution in [0.15, 0.2) is 65.6 Å². The Kier molecular flexibility index (Phi) is 9.87. The molecule has 0 saturated carbocycles. The van der Waals surface area contributed by atoms with Gasteiger partial charge in [0.2, 0.25) is 0 Å². The summed E-state index contributed by atoms with van der Waals surface area (Å²) in [5.41, 5.74) is 2.29. The zero-order valence-corrected chi connectivity index (χ0v) is 25.8. The topological polar surface area (TPSA) is 99.2 Å². The highest BCUT2D eigenvalue weighted by molar-refractivity contribution is 7.92. The minimum absolute atomic E-state index is 0.0969. The van der Waals surface area contributed by atoms with Crippen molar-refractivity contribution in [2.75, 3.05) is 31.5 Å². The first-order chi connectivity index (χ1) is 19.4. The number of anilines is 1. The molecule has 1 aliphatic rings. The molecular weight excluding hydrogens is 585 g/mol. The Hall–Kier alpha value is -2.82. The van der Waals surface area contributed by atoms with Crippen LogP contribution in [-0.4, -0.2) is 68.1 Å². The highest BCUT2D eigenvalue weighted by atomic mass is 35.5. The first kappa shape index (κ1) is 31.1. The second kappa shape index (κ2) is 13.0. The summed E-state index contributed by atoms with van der Waals surface area (Å²) in [5.74, 6) is -0.339. The molecular formula is C30H35Cl2N3O5S. The van der Waals surface area contributed by atoms with Gasteiger partial charge in [-0.3, -0.25) is 14.4 Å². The number of hydrogen-bond acceptors (Lipinski definition) is 6. The summed E-state index contributed by atoms with van der Waals surface area (Å²) in [6.07, 6.45) is -0.423. The number of aliphatic hydroxyl groups is 1. The fourth-order valence-electron chi connectivity index (χ4n) is 4.78. The van der Waals surface area contributed by atoms with Crippen molar-refractivity contribution in [2.24, 2.45) is 5.92 Å². The van der Waals surface area contributed by atoms with Crippen molar-refractivity contribution < 1.29 is 23.1 Å². The van der Waals surface area contributed by atoms with Crippen LogP contribution in [0.2, 0.25) is 10.0 Å². The Morgan fingerprint density at radius 2 is 1.83 bits per heavy atom. The zero-order chi connectivity index (χ0) is 29.9. The average molecular weight is 621 g/mol. The lowest BCUT2D eigenvalue weighted by Crippen LogP contribution is -2.49. The molecule has 8 nitrogen and oxygen atoms in total. The smallest absolute Gasteiger partial charge is 0.262 e. The van der Waals surface area contributed by atoms with E-state index in [0.29, 0.717) is 29.7 Å². The number of nitrogens with zero attached hydrogens (tertiary/aromatic N) is 2. The molecule has 220 valence electrons. The van der Waals surface area contributed by atoms with Crippen LogP contribution in [0.3, 0.4) is 0 Å². The van der Waals surface area contributed by atoms with Gasteiger partial charge in [0.1, 0.15) is 6.10 Å². The van der Waals surface area contributed by atoms with Crippen LogP contribution in [0.25, 0.3) is 0 Å². The van der Waals surface area contributed by atoms with Crippen molar-refractivity contribution in [1.82, 2.24) is 9.80 Å². The highest BCUT2D eigenvalue weighted by Crippen LogP contribution is 2.36. The number of amides is 1. The Labute approximate surface area is 251 Å². The van der Waals surface area contributed by atoms with E-state index >= 15 is 0 Å². The van der Waals surface area contributed by atoms with Crippen molar-refractivity contribution in [3.05, 3.63) is 87.4 Å². The molecule has 0 fully saturated rings. The second-order valence-electron chi connectivity index (χ2n) is 10.7. The molecule has 3 aromatic rings. The molecule has 1 aliphatic heterocycles. The van der Waals surface area contributed by atoms with Gasteiger partial charge in [0.25, 0.3) is 15.9 Å². The summed E-state index contributed by atoms with van der Waals surface area (Å²) in [4.78, 5) is 17.5. The molecule has 0 spiro atoms. The van der Waals surface area contributed by atoms with Crippen LogP contribution in [-0.2, 0) is 16.6 Å². The molecule has 2 N–H and O–H groups in total. The molecule has 0 aliphatic carbocycles. The van der Waals surface area contributed by atoms with E-state index in [-0.39, 0.29) is 40.3 Å². The van der Waals surface area contributed by atoms with Crippen LogP contribution in [0.1, 0.15) is 35.3 Å². The van der Waals surface area contributed by atoms with Gasteiger partial charge in [-0.25, -0.2) is 8.42 Å². The molecule has 41 heavy (non-hydrogen) atoms. The summed E-state index contributed by atoms with van der Waals surface area (Å²) >= 11 is 12.3. The molecule has 3 atom stereocenters. The highest BCUT2D eigenvalue weighted by Gasteiger charge is 2.35. The monoisotopic (exact) mass is 619 g/mol. The van der Waals surface area contributed by atoms with Crippen molar-refractivity contribution in [2.45, 2.75) is 44.4 Å². The lowest BCUT2D eigenvalue weighted by molar-refractivity contribution is 0.0344. The summed E-state index contributed by atoms with van der Waals surface area (Å²) in [7, 11) is -2.02. The predicted octanol–water partition coefficient (Wildman–Crippen LogP) is 5.45. The molecule has 0 saturated heterocycles. The van der Waals surface area contributed by atoms with Gasteiger partial charge in [-0.05, 0) is 62.9 Å². The molecule has 0 bridgehead atoms.